The fourth-order valence-corrected chi connectivity index (χ4v) is 2.92. The Kier molecular flexibility index (Phi) is 4.73. The molecule has 0 bridgehead atoms. The molecular weight excluding hydrogens is 314 g/mol. The number of esters is 1. The van der Waals surface area contributed by atoms with Gasteiger partial charge in [0.1, 0.15) is 11.6 Å². The lowest BCUT2D eigenvalue weighted by Gasteiger charge is -2.09. The van der Waals surface area contributed by atoms with Gasteiger partial charge in [-0.15, -0.1) is 11.3 Å². The first-order chi connectivity index (χ1) is 11.3. The van der Waals surface area contributed by atoms with Crippen molar-refractivity contribution in [3.8, 4) is 11.5 Å². The summed E-state index contributed by atoms with van der Waals surface area (Å²) in [6.07, 6.45) is 0. The lowest BCUT2D eigenvalue weighted by molar-refractivity contribution is -0.147. The average molecular weight is 329 g/mol. The minimum Gasteiger partial charge on any atom is -0.493 e. The van der Waals surface area contributed by atoms with E-state index in [1.807, 2.05) is 36.4 Å². The van der Waals surface area contributed by atoms with Crippen LogP contribution >= 0.6 is 11.3 Å². The molecule has 3 aromatic rings. The van der Waals surface area contributed by atoms with E-state index in [-0.39, 0.29) is 13.2 Å². The summed E-state index contributed by atoms with van der Waals surface area (Å²) in [6, 6.07) is 14.9. The van der Waals surface area contributed by atoms with Crippen LogP contribution in [0, 0.1) is 0 Å². The second-order valence-corrected chi connectivity index (χ2v) is 5.79. The first kappa shape index (κ1) is 15.3. The SMILES string of the molecule is COc1ccccc1OCC(=O)OCc1nc2ccccc2s1. The van der Waals surface area contributed by atoms with Gasteiger partial charge in [0.15, 0.2) is 18.1 Å². The number of nitrogens with zero attached hydrogens (tertiary/aromatic N) is 1. The lowest BCUT2D eigenvalue weighted by atomic mass is 10.3. The Bertz CT molecular complexity index is 782. The molecule has 0 unspecified atom stereocenters. The Morgan fingerprint density at radius 2 is 1.83 bits per heavy atom. The summed E-state index contributed by atoms with van der Waals surface area (Å²) >= 11 is 1.51. The number of ether oxygens (including phenoxy) is 3. The molecule has 0 spiro atoms. The standard InChI is InChI=1S/C17H15NO4S/c1-20-13-7-3-4-8-14(13)21-11-17(19)22-10-16-18-12-6-2-5-9-15(12)23-16/h2-9H,10-11H2,1H3. The molecule has 5 nitrogen and oxygen atoms in total. The van der Waals surface area contributed by atoms with Crippen molar-refractivity contribution in [1.29, 1.82) is 0 Å². The van der Waals surface area contributed by atoms with Crippen LogP contribution in [-0.4, -0.2) is 24.7 Å². The third-order valence-corrected chi connectivity index (χ3v) is 4.12. The smallest absolute Gasteiger partial charge is 0.344 e. The van der Waals surface area contributed by atoms with Crippen LogP contribution in [-0.2, 0) is 16.1 Å². The number of hydrogen-bond acceptors (Lipinski definition) is 6. The predicted molar refractivity (Wildman–Crippen MR) is 87.9 cm³/mol. The van der Waals surface area contributed by atoms with Crippen LogP contribution in [0.3, 0.4) is 0 Å². The molecule has 0 saturated carbocycles. The lowest BCUT2D eigenvalue weighted by Crippen LogP contribution is -2.15. The highest BCUT2D eigenvalue weighted by atomic mass is 32.1. The molecule has 1 heterocycles. The van der Waals surface area contributed by atoms with Crippen molar-refractivity contribution in [2.45, 2.75) is 6.61 Å². The summed E-state index contributed by atoms with van der Waals surface area (Å²) < 4.78 is 16.8. The van der Waals surface area contributed by atoms with Crippen molar-refractivity contribution in [2.24, 2.45) is 0 Å². The Morgan fingerprint density at radius 3 is 2.61 bits per heavy atom. The summed E-state index contributed by atoms with van der Waals surface area (Å²) in [5.74, 6) is 0.633. The highest BCUT2D eigenvalue weighted by Crippen LogP contribution is 2.26. The van der Waals surface area contributed by atoms with Gasteiger partial charge in [-0.05, 0) is 24.3 Å². The Labute approximate surface area is 137 Å². The van der Waals surface area contributed by atoms with E-state index in [4.69, 9.17) is 14.2 Å². The van der Waals surface area contributed by atoms with Crippen molar-refractivity contribution in [3.63, 3.8) is 0 Å². The van der Waals surface area contributed by atoms with Crippen molar-refractivity contribution in [3.05, 3.63) is 53.5 Å². The van der Waals surface area contributed by atoms with Gasteiger partial charge in [0.05, 0.1) is 17.3 Å². The van der Waals surface area contributed by atoms with Crippen molar-refractivity contribution >= 4 is 27.5 Å². The van der Waals surface area contributed by atoms with Crippen molar-refractivity contribution in [2.75, 3.05) is 13.7 Å². The minimum absolute atomic E-state index is 0.146. The summed E-state index contributed by atoms with van der Waals surface area (Å²) in [5, 5.41) is 0.761. The molecule has 2 aromatic carbocycles. The molecule has 1 aromatic heterocycles. The van der Waals surface area contributed by atoms with Gasteiger partial charge < -0.3 is 14.2 Å². The zero-order valence-electron chi connectivity index (χ0n) is 12.5. The third kappa shape index (κ3) is 3.78. The number of carbonyl (C=O) groups is 1. The van der Waals surface area contributed by atoms with Crippen molar-refractivity contribution in [1.82, 2.24) is 4.98 Å². The number of rotatable bonds is 6. The highest BCUT2D eigenvalue weighted by Gasteiger charge is 2.10. The summed E-state index contributed by atoms with van der Waals surface area (Å²) in [5.41, 5.74) is 0.911. The first-order valence-electron chi connectivity index (χ1n) is 7.02. The average Bonchev–Trinajstić information content (AvgIpc) is 3.01. The highest BCUT2D eigenvalue weighted by molar-refractivity contribution is 7.18. The Balaban J connectivity index is 1.53. The second-order valence-electron chi connectivity index (χ2n) is 4.68. The molecule has 0 aliphatic heterocycles. The maximum atomic E-state index is 11.8. The number of para-hydroxylation sites is 3. The largest absolute Gasteiger partial charge is 0.493 e. The molecule has 0 N–H and O–H groups in total. The van der Waals surface area contributed by atoms with Crippen LogP contribution in [0.5, 0.6) is 11.5 Å². The number of fused-ring (bicyclic) bond motifs is 1. The van der Waals surface area contributed by atoms with E-state index >= 15 is 0 Å². The molecule has 0 atom stereocenters. The number of hydrogen-bond donors (Lipinski definition) is 0. The van der Waals surface area contributed by atoms with Gasteiger partial charge >= 0.3 is 5.97 Å². The van der Waals surface area contributed by atoms with Crippen LogP contribution < -0.4 is 9.47 Å². The maximum absolute atomic E-state index is 11.8. The molecule has 118 valence electrons. The van der Waals surface area contributed by atoms with Crippen LogP contribution in [0.25, 0.3) is 10.2 Å². The van der Waals surface area contributed by atoms with Crippen LogP contribution in [0.1, 0.15) is 5.01 Å². The van der Waals surface area contributed by atoms with Gasteiger partial charge in [-0.1, -0.05) is 24.3 Å². The maximum Gasteiger partial charge on any atom is 0.344 e. The number of methoxy groups -OCH3 is 1. The van der Waals surface area contributed by atoms with Crippen LogP contribution in [0.15, 0.2) is 48.5 Å². The number of thiazole rings is 1. The molecule has 23 heavy (non-hydrogen) atoms. The Morgan fingerprint density at radius 1 is 1.09 bits per heavy atom. The summed E-state index contributed by atoms with van der Waals surface area (Å²) in [4.78, 5) is 16.2. The second kappa shape index (κ2) is 7.11. The van der Waals surface area contributed by atoms with E-state index in [9.17, 15) is 4.79 Å². The minimum atomic E-state index is -0.449. The van der Waals surface area contributed by atoms with E-state index in [1.165, 1.54) is 11.3 Å². The van der Waals surface area contributed by atoms with E-state index in [1.54, 1.807) is 19.2 Å². The monoisotopic (exact) mass is 329 g/mol. The normalized spacial score (nSPS) is 10.5. The Hall–Kier alpha value is -2.60. The third-order valence-electron chi connectivity index (χ3n) is 3.11. The molecule has 0 radical (unpaired) electrons. The van der Waals surface area contributed by atoms with Crippen molar-refractivity contribution < 1.29 is 19.0 Å². The van der Waals surface area contributed by atoms with E-state index < -0.39 is 5.97 Å². The zero-order chi connectivity index (χ0) is 16.1. The van der Waals surface area contributed by atoms with Gasteiger partial charge in [0.25, 0.3) is 0 Å². The molecule has 6 heteroatoms. The zero-order valence-corrected chi connectivity index (χ0v) is 13.3. The fraction of sp³-hybridized carbons (Fsp3) is 0.176. The summed E-state index contributed by atoms with van der Waals surface area (Å²) in [7, 11) is 1.55. The number of benzene rings is 2. The van der Waals surface area contributed by atoms with E-state index in [0.29, 0.717) is 11.5 Å². The van der Waals surface area contributed by atoms with Crippen LogP contribution in [0.2, 0.25) is 0 Å². The molecule has 0 aliphatic rings. The molecule has 0 amide bonds. The van der Waals surface area contributed by atoms with Gasteiger partial charge in [0, 0.05) is 0 Å². The number of carbonyl (C=O) groups excluding carboxylic acids is 1. The first-order valence-corrected chi connectivity index (χ1v) is 7.84. The van der Waals surface area contributed by atoms with Gasteiger partial charge in [-0.25, -0.2) is 9.78 Å². The molecule has 3 rings (SSSR count). The topological polar surface area (TPSA) is 57.7 Å². The number of aromatic nitrogens is 1. The van der Waals surface area contributed by atoms with E-state index in [2.05, 4.69) is 4.98 Å². The summed E-state index contributed by atoms with van der Waals surface area (Å²) in [6.45, 7) is -0.0290. The molecule has 0 aliphatic carbocycles. The van der Waals surface area contributed by atoms with Crippen LogP contribution in [0.4, 0.5) is 0 Å². The van der Waals surface area contributed by atoms with Gasteiger partial charge in [-0.2, -0.15) is 0 Å². The molecule has 0 saturated heterocycles. The van der Waals surface area contributed by atoms with E-state index in [0.717, 1.165) is 15.2 Å². The quantitative estimate of drug-likeness (QED) is 0.649. The fourth-order valence-electron chi connectivity index (χ4n) is 2.04. The molecule has 0 fully saturated rings. The molecular formula is C17H15NO4S. The van der Waals surface area contributed by atoms with Gasteiger partial charge in [0.2, 0.25) is 0 Å². The predicted octanol–water partition coefficient (Wildman–Crippen LogP) is 3.43. The van der Waals surface area contributed by atoms with Gasteiger partial charge in [-0.3, -0.25) is 0 Å².